The summed E-state index contributed by atoms with van der Waals surface area (Å²) in [6.45, 7) is 3.45. The van der Waals surface area contributed by atoms with Crippen molar-refractivity contribution in [3.63, 3.8) is 0 Å². The lowest BCUT2D eigenvalue weighted by Crippen LogP contribution is -2.21. The van der Waals surface area contributed by atoms with E-state index in [9.17, 15) is 5.11 Å². The first-order valence-electron chi connectivity index (χ1n) is 4.83. The van der Waals surface area contributed by atoms with Gasteiger partial charge in [0.2, 0.25) is 0 Å². The molecule has 1 rings (SSSR count). The van der Waals surface area contributed by atoms with Crippen LogP contribution in [0.25, 0.3) is 0 Å². The Hall–Kier alpha value is -1.94. The second-order valence-electron chi connectivity index (χ2n) is 3.38. The maximum Gasteiger partial charge on any atom is 0.126 e. The van der Waals surface area contributed by atoms with Crippen LogP contribution in [0.2, 0.25) is 0 Å². The number of hydrogen-bond acceptors (Lipinski definition) is 2. The fraction of sp³-hybridized carbons (Fsp3) is 0.214. The Morgan fingerprint density at radius 3 is 2.56 bits per heavy atom. The number of methoxy groups -OCH3 is 1. The number of aliphatic hydroxyl groups is 1. The molecule has 1 atom stereocenters. The molecule has 2 nitrogen and oxygen atoms in total. The second-order valence-corrected chi connectivity index (χ2v) is 3.38. The van der Waals surface area contributed by atoms with Gasteiger partial charge in [-0.25, -0.2) is 0 Å². The van der Waals surface area contributed by atoms with Gasteiger partial charge in [-0.2, -0.15) is 0 Å². The van der Waals surface area contributed by atoms with Crippen molar-refractivity contribution in [1.29, 1.82) is 0 Å². The zero-order chi connectivity index (χ0) is 12.0. The molecule has 1 aromatic carbocycles. The first kappa shape index (κ1) is 12.1. The molecule has 1 unspecified atom stereocenters. The minimum absolute atomic E-state index is 0.182. The van der Waals surface area contributed by atoms with Crippen LogP contribution in [0.5, 0.6) is 5.75 Å². The van der Waals surface area contributed by atoms with Gasteiger partial charge in [0.25, 0.3) is 0 Å². The molecule has 0 aromatic heterocycles. The van der Waals surface area contributed by atoms with Gasteiger partial charge < -0.3 is 9.84 Å². The average molecular weight is 214 g/mol. The Bertz CT molecular complexity index is 433. The molecular weight excluding hydrogens is 200 g/mol. The van der Waals surface area contributed by atoms with E-state index in [0.29, 0.717) is 5.56 Å². The molecule has 16 heavy (non-hydrogen) atoms. The molecule has 0 aliphatic carbocycles. The van der Waals surface area contributed by atoms with E-state index in [4.69, 9.17) is 11.2 Å². The standard InChI is InChI=1S/C14H14O2/c1-4-10-14(15,11-5-2)12-6-8-13(16-3)9-7-12/h1,6-9,11,15H,2,10H2,3H3. The van der Waals surface area contributed by atoms with Crippen molar-refractivity contribution in [2.75, 3.05) is 7.11 Å². The molecule has 1 N–H and O–H groups in total. The largest absolute Gasteiger partial charge is 0.497 e. The minimum Gasteiger partial charge on any atom is -0.497 e. The van der Waals surface area contributed by atoms with Gasteiger partial charge in [0.05, 0.1) is 7.11 Å². The lowest BCUT2D eigenvalue weighted by atomic mass is 9.90. The Morgan fingerprint density at radius 2 is 2.12 bits per heavy atom. The number of benzene rings is 1. The smallest absolute Gasteiger partial charge is 0.126 e. The van der Waals surface area contributed by atoms with Crippen LogP contribution in [0.15, 0.2) is 42.7 Å². The van der Waals surface area contributed by atoms with Gasteiger partial charge in [0, 0.05) is 6.42 Å². The highest BCUT2D eigenvalue weighted by Gasteiger charge is 2.24. The van der Waals surface area contributed by atoms with Crippen molar-refractivity contribution < 1.29 is 9.84 Å². The van der Waals surface area contributed by atoms with E-state index in [1.54, 1.807) is 31.4 Å². The van der Waals surface area contributed by atoms with Gasteiger partial charge >= 0.3 is 0 Å². The predicted octanol–water partition coefficient (Wildman–Crippen LogP) is 2.25. The highest BCUT2D eigenvalue weighted by molar-refractivity contribution is 5.34. The average Bonchev–Trinajstić information content (AvgIpc) is 2.30. The Morgan fingerprint density at radius 1 is 1.50 bits per heavy atom. The minimum atomic E-state index is -1.21. The Kier molecular flexibility index (Phi) is 3.96. The molecule has 82 valence electrons. The van der Waals surface area contributed by atoms with Crippen LogP contribution in [0, 0.1) is 12.3 Å². The molecule has 0 saturated carbocycles. The van der Waals surface area contributed by atoms with Gasteiger partial charge in [-0.3, -0.25) is 0 Å². The van der Waals surface area contributed by atoms with Crippen molar-refractivity contribution in [3.8, 4) is 18.1 Å². The van der Waals surface area contributed by atoms with Crippen LogP contribution in [-0.2, 0) is 5.60 Å². The Labute approximate surface area is 95.9 Å². The van der Waals surface area contributed by atoms with Crippen LogP contribution in [0.4, 0.5) is 0 Å². The summed E-state index contributed by atoms with van der Waals surface area (Å²) in [5.74, 6) is 3.17. The van der Waals surface area contributed by atoms with Crippen molar-refractivity contribution in [2.45, 2.75) is 12.0 Å². The monoisotopic (exact) mass is 214 g/mol. The molecule has 0 radical (unpaired) electrons. The third kappa shape index (κ3) is 2.55. The number of terminal acetylenes is 1. The van der Waals surface area contributed by atoms with Gasteiger partial charge in [-0.05, 0) is 23.8 Å². The first-order chi connectivity index (χ1) is 7.66. The predicted molar refractivity (Wildman–Crippen MR) is 64.1 cm³/mol. The molecular formula is C14H14O2. The molecule has 0 aliphatic rings. The SMILES string of the molecule is C#CCC(O)(C=C=C)c1ccc(OC)cc1. The van der Waals surface area contributed by atoms with Crippen LogP contribution in [0.3, 0.4) is 0 Å². The van der Waals surface area contributed by atoms with Gasteiger partial charge in [-0.15, -0.1) is 18.1 Å². The summed E-state index contributed by atoms with van der Waals surface area (Å²) in [7, 11) is 1.59. The molecule has 0 saturated heterocycles. The van der Waals surface area contributed by atoms with Gasteiger partial charge in [-0.1, -0.05) is 18.7 Å². The zero-order valence-corrected chi connectivity index (χ0v) is 9.23. The fourth-order valence-corrected chi connectivity index (χ4v) is 1.44. The van der Waals surface area contributed by atoms with Crippen molar-refractivity contribution in [3.05, 3.63) is 48.2 Å². The summed E-state index contributed by atoms with van der Waals surface area (Å²) in [6, 6.07) is 7.08. The summed E-state index contributed by atoms with van der Waals surface area (Å²) in [5, 5.41) is 10.3. The molecule has 2 heteroatoms. The summed E-state index contributed by atoms with van der Waals surface area (Å²) in [5.41, 5.74) is 2.06. The van der Waals surface area contributed by atoms with Crippen LogP contribution < -0.4 is 4.74 Å². The van der Waals surface area contributed by atoms with Crippen molar-refractivity contribution in [2.24, 2.45) is 0 Å². The highest BCUT2D eigenvalue weighted by atomic mass is 16.5. The second kappa shape index (κ2) is 5.23. The Balaban J connectivity index is 3.12. The topological polar surface area (TPSA) is 29.5 Å². The van der Waals surface area contributed by atoms with E-state index in [1.165, 1.54) is 6.08 Å². The van der Waals surface area contributed by atoms with Crippen LogP contribution >= 0.6 is 0 Å². The van der Waals surface area contributed by atoms with Crippen LogP contribution in [0.1, 0.15) is 12.0 Å². The number of rotatable bonds is 4. The third-order valence-electron chi connectivity index (χ3n) is 2.30. The van der Waals surface area contributed by atoms with Crippen molar-refractivity contribution in [1.82, 2.24) is 0 Å². The first-order valence-corrected chi connectivity index (χ1v) is 4.83. The lowest BCUT2D eigenvalue weighted by Gasteiger charge is -2.21. The van der Waals surface area contributed by atoms with Crippen molar-refractivity contribution >= 4 is 0 Å². The maximum atomic E-state index is 10.3. The van der Waals surface area contributed by atoms with Gasteiger partial charge in [0.1, 0.15) is 11.4 Å². The van der Waals surface area contributed by atoms with E-state index < -0.39 is 5.60 Å². The third-order valence-corrected chi connectivity index (χ3v) is 2.30. The maximum absolute atomic E-state index is 10.3. The molecule has 0 amide bonds. The van der Waals surface area contributed by atoms with E-state index in [2.05, 4.69) is 18.2 Å². The molecule has 0 heterocycles. The molecule has 0 bridgehead atoms. The zero-order valence-electron chi connectivity index (χ0n) is 9.23. The van der Waals surface area contributed by atoms with E-state index in [0.717, 1.165) is 5.75 Å². The summed E-state index contributed by atoms with van der Waals surface area (Å²) in [4.78, 5) is 0. The number of ether oxygens (including phenoxy) is 1. The summed E-state index contributed by atoms with van der Waals surface area (Å²) in [6.07, 6.45) is 6.88. The molecule has 1 aromatic rings. The van der Waals surface area contributed by atoms with Crippen LogP contribution in [-0.4, -0.2) is 12.2 Å². The normalized spacial score (nSPS) is 13.1. The highest BCUT2D eigenvalue weighted by Crippen LogP contribution is 2.27. The van der Waals surface area contributed by atoms with E-state index in [1.807, 2.05) is 0 Å². The molecule has 0 spiro atoms. The van der Waals surface area contributed by atoms with E-state index in [-0.39, 0.29) is 6.42 Å². The number of hydrogen-bond donors (Lipinski definition) is 1. The molecule has 0 fully saturated rings. The summed E-state index contributed by atoms with van der Waals surface area (Å²) >= 11 is 0. The molecule has 0 aliphatic heterocycles. The van der Waals surface area contributed by atoms with E-state index >= 15 is 0 Å². The fourth-order valence-electron chi connectivity index (χ4n) is 1.44. The lowest BCUT2D eigenvalue weighted by molar-refractivity contribution is 0.0955. The quantitative estimate of drug-likeness (QED) is 0.615. The summed E-state index contributed by atoms with van der Waals surface area (Å²) < 4.78 is 5.04. The van der Waals surface area contributed by atoms with Gasteiger partial charge in [0.15, 0.2) is 0 Å².